The molecule has 1 atom stereocenters. The smallest absolute Gasteiger partial charge is 0.408 e. The Morgan fingerprint density at radius 3 is 2.54 bits per heavy atom. The summed E-state index contributed by atoms with van der Waals surface area (Å²) in [5.74, 6) is 0.520. The molecule has 26 heavy (non-hydrogen) atoms. The highest BCUT2D eigenvalue weighted by Gasteiger charge is 2.19. The molecule has 1 unspecified atom stereocenters. The predicted molar refractivity (Wildman–Crippen MR) is 98.2 cm³/mol. The molecule has 1 heterocycles. The van der Waals surface area contributed by atoms with Gasteiger partial charge in [0.1, 0.15) is 11.4 Å². The van der Waals surface area contributed by atoms with Crippen molar-refractivity contribution in [1.82, 2.24) is 15.3 Å². The van der Waals surface area contributed by atoms with Crippen LogP contribution in [0.3, 0.4) is 0 Å². The number of aromatic amines is 1. The number of nitrogens with zero attached hydrogens (tertiary/aromatic N) is 1. The van der Waals surface area contributed by atoms with Crippen LogP contribution in [0.15, 0.2) is 35.4 Å². The number of H-pyrrole nitrogens is 1. The van der Waals surface area contributed by atoms with Crippen molar-refractivity contribution in [2.45, 2.75) is 45.8 Å². The molecule has 0 aliphatic carbocycles. The van der Waals surface area contributed by atoms with Gasteiger partial charge in [-0.15, -0.1) is 0 Å². The van der Waals surface area contributed by atoms with E-state index in [-0.39, 0.29) is 17.6 Å². The van der Waals surface area contributed by atoms with Gasteiger partial charge in [-0.05, 0) is 44.9 Å². The third kappa shape index (κ3) is 5.23. The molecule has 1 amide bonds. The van der Waals surface area contributed by atoms with Crippen LogP contribution in [0.2, 0.25) is 0 Å². The number of hydrogen-bond donors (Lipinski definition) is 3. The van der Waals surface area contributed by atoms with Crippen molar-refractivity contribution in [2.24, 2.45) is 0 Å². The minimum absolute atomic E-state index is 0.0421. The number of alkyl carbamates (subject to hydrolysis) is 1. The summed E-state index contributed by atoms with van der Waals surface area (Å²) in [7, 11) is 0. The second-order valence-electron chi connectivity index (χ2n) is 6.73. The number of nitrogens with two attached hydrogens (primary N) is 1. The predicted octanol–water partition coefficient (Wildman–Crippen LogP) is 3.12. The summed E-state index contributed by atoms with van der Waals surface area (Å²) in [6.45, 7) is 7.41. The van der Waals surface area contributed by atoms with Crippen molar-refractivity contribution in [3.8, 4) is 11.6 Å². The van der Waals surface area contributed by atoms with Gasteiger partial charge in [0.15, 0.2) is 5.69 Å². The zero-order valence-corrected chi connectivity index (χ0v) is 15.3. The molecule has 0 aliphatic heterocycles. The Bertz CT molecular complexity index is 809. The van der Waals surface area contributed by atoms with Crippen molar-refractivity contribution in [2.75, 3.05) is 5.73 Å². The van der Waals surface area contributed by atoms with Crippen molar-refractivity contribution in [3.63, 3.8) is 0 Å². The van der Waals surface area contributed by atoms with Crippen molar-refractivity contribution < 1.29 is 14.3 Å². The van der Waals surface area contributed by atoms with Crippen molar-refractivity contribution >= 4 is 11.8 Å². The summed E-state index contributed by atoms with van der Waals surface area (Å²) in [5.41, 5.74) is 5.44. The maximum absolute atomic E-state index is 12.0. The number of benzene rings is 1. The molecular weight excluding hydrogens is 336 g/mol. The van der Waals surface area contributed by atoms with Crippen LogP contribution in [0.1, 0.15) is 45.7 Å². The van der Waals surface area contributed by atoms with Gasteiger partial charge in [0.2, 0.25) is 5.88 Å². The average molecular weight is 360 g/mol. The molecular formula is C18H24N4O4. The number of hydrogen-bond acceptors (Lipinski definition) is 6. The average Bonchev–Trinajstić information content (AvgIpc) is 2.56. The van der Waals surface area contributed by atoms with Gasteiger partial charge in [0, 0.05) is 0 Å². The topological polar surface area (TPSA) is 119 Å². The molecule has 2 aromatic rings. The third-order valence-corrected chi connectivity index (χ3v) is 3.45. The van der Waals surface area contributed by atoms with Crippen molar-refractivity contribution in [3.05, 3.63) is 46.5 Å². The summed E-state index contributed by atoms with van der Waals surface area (Å²) >= 11 is 0. The zero-order valence-electron chi connectivity index (χ0n) is 15.3. The Kier molecular flexibility index (Phi) is 5.86. The highest BCUT2D eigenvalue weighted by atomic mass is 16.6. The maximum Gasteiger partial charge on any atom is 0.408 e. The van der Waals surface area contributed by atoms with E-state index in [0.717, 1.165) is 5.56 Å². The lowest BCUT2D eigenvalue weighted by Gasteiger charge is -2.23. The number of nitrogen functional groups attached to an aromatic ring is 1. The summed E-state index contributed by atoms with van der Waals surface area (Å²) in [6.07, 6.45) is 1.45. The molecule has 2 rings (SSSR count). The van der Waals surface area contributed by atoms with E-state index >= 15 is 0 Å². The molecule has 0 saturated carbocycles. The van der Waals surface area contributed by atoms with E-state index in [1.807, 2.05) is 39.8 Å². The second kappa shape index (κ2) is 7.90. The lowest BCUT2D eigenvalue weighted by molar-refractivity contribution is 0.0502. The van der Waals surface area contributed by atoms with E-state index in [1.54, 1.807) is 12.1 Å². The fourth-order valence-corrected chi connectivity index (χ4v) is 2.23. The monoisotopic (exact) mass is 360 g/mol. The molecule has 0 saturated heterocycles. The molecule has 8 heteroatoms. The van der Waals surface area contributed by atoms with E-state index in [2.05, 4.69) is 15.3 Å². The van der Waals surface area contributed by atoms with E-state index in [9.17, 15) is 9.59 Å². The standard InChI is InChI=1S/C18H24N4O4/c1-5-13(22-17(24)26-18(2,3)4)11-6-8-12(9-7-11)25-16-14(19)15(23)20-10-21-16/h6-10,13H,5,19H2,1-4H3,(H,22,24)(H,20,21,23). The van der Waals surface area contributed by atoms with Crippen LogP contribution in [0.4, 0.5) is 10.5 Å². The SMILES string of the molecule is CCC(NC(=O)OC(C)(C)C)c1ccc(Oc2nc[nH]c(=O)c2N)cc1. The molecule has 1 aromatic heterocycles. The Balaban J connectivity index is 2.08. The molecule has 1 aromatic carbocycles. The highest BCUT2D eigenvalue weighted by molar-refractivity contribution is 5.68. The van der Waals surface area contributed by atoms with E-state index < -0.39 is 17.3 Å². The Morgan fingerprint density at radius 1 is 1.31 bits per heavy atom. The van der Waals surface area contributed by atoms with Gasteiger partial charge in [-0.25, -0.2) is 9.78 Å². The van der Waals surface area contributed by atoms with Gasteiger partial charge in [-0.2, -0.15) is 0 Å². The first kappa shape index (κ1) is 19.3. The van der Waals surface area contributed by atoms with Crippen LogP contribution < -0.4 is 21.3 Å². The molecule has 0 radical (unpaired) electrons. The summed E-state index contributed by atoms with van der Waals surface area (Å²) in [6, 6.07) is 6.89. The number of ether oxygens (including phenoxy) is 2. The molecule has 0 aliphatic rings. The number of anilines is 1. The van der Waals surface area contributed by atoms with Crippen LogP contribution in [0.5, 0.6) is 11.6 Å². The lowest BCUT2D eigenvalue weighted by Crippen LogP contribution is -2.34. The minimum atomic E-state index is -0.555. The maximum atomic E-state index is 12.0. The van der Waals surface area contributed by atoms with Gasteiger partial charge in [-0.1, -0.05) is 19.1 Å². The van der Waals surface area contributed by atoms with Crippen LogP contribution in [-0.4, -0.2) is 21.7 Å². The fourth-order valence-electron chi connectivity index (χ4n) is 2.23. The first-order valence-electron chi connectivity index (χ1n) is 8.30. The number of rotatable bonds is 5. The van der Waals surface area contributed by atoms with Gasteiger partial charge in [0.05, 0.1) is 12.4 Å². The number of carbonyl (C=O) groups is 1. The quantitative estimate of drug-likeness (QED) is 0.753. The number of aromatic nitrogens is 2. The van der Waals surface area contributed by atoms with E-state index in [4.69, 9.17) is 15.2 Å². The molecule has 0 fully saturated rings. The van der Waals surface area contributed by atoms with Gasteiger partial charge < -0.3 is 25.5 Å². The number of carbonyl (C=O) groups excluding carboxylic acids is 1. The Morgan fingerprint density at radius 2 is 1.96 bits per heavy atom. The van der Waals surface area contributed by atoms with Gasteiger partial charge >= 0.3 is 6.09 Å². The largest absolute Gasteiger partial charge is 0.444 e. The second-order valence-corrected chi connectivity index (χ2v) is 6.73. The first-order valence-corrected chi connectivity index (χ1v) is 8.30. The normalized spacial score (nSPS) is 12.3. The Labute approximate surface area is 151 Å². The molecule has 0 bridgehead atoms. The molecule has 8 nitrogen and oxygen atoms in total. The van der Waals surface area contributed by atoms with Crippen LogP contribution in [0.25, 0.3) is 0 Å². The summed E-state index contributed by atoms with van der Waals surface area (Å²) < 4.78 is 10.8. The molecule has 0 spiro atoms. The fraction of sp³-hybridized carbons (Fsp3) is 0.389. The van der Waals surface area contributed by atoms with E-state index in [1.165, 1.54) is 6.33 Å². The van der Waals surface area contributed by atoms with Crippen molar-refractivity contribution in [1.29, 1.82) is 0 Å². The highest BCUT2D eigenvalue weighted by Crippen LogP contribution is 2.25. The van der Waals surface area contributed by atoms with Crippen LogP contribution >= 0.6 is 0 Å². The van der Waals surface area contributed by atoms with Crippen LogP contribution in [0, 0.1) is 0 Å². The zero-order chi connectivity index (χ0) is 19.3. The number of amides is 1. The van der Waals surface area contributed by atoms with Gasteiger partial charge in [0.25, 0.3) is 5.56 Å². The summed E-state index contributed by atoms with van der Waals surface area (Å²) in [4.78, 5) is 29.7. The first-order chi connectivity index (χ1) is 12.2. The third-order valence-electron chi connectivity index (χ3n) is 3.45. The number of nitrogens with one attached hydrogen (secondary N) is 2. The van der Waals surface area contributed by atoms with Gasteiger partial charge in [-0.3, -0.25) is 4.79 Å². The van der Waals surface area contributed by atoms with E-state index in [0.29, 0.717) is 12.2 Å². The minimum Gasteiger partial charge on any atom is -0.444 e. The molecule has 4 N–H and O–H groups in total. The summed E-state index contributed by atoms with van der Waals surface area (Å²) in [5, 5.41) is 2.85. The lowest BCUT2D eigenvalue weighted by atomic mass is 10.0. The van der Waals surface area contributed by atoms with Crippen LogP contribution in [-0.2, 0) is 4.74 Å². The Hall–Kier alpha value is -3.03. The molecule has 140 valence electrons.